The predicted octanol–water partition coefficient (Wildman–Crippen LogP) is 4.19. The quantitative estimate of drug-likeness (QED) is 0.431. The number of hydrogen-bond donors (Lipinski definition) is 0. The predicted molar refractivity (Wildman–Crippen MR) is 130 cm³/mol. The Hall–Kier alpha value is -3.42. The molecule has 2 aliphatic rings. The van der Waals surface area contributed by atoms with Crippen LogP contribution < -0.4 is 19.6 Å². The monoisotopic (exact) mass is 490 g/mol. The Balaban J connectivity index is 1.52. The van der Waals surface area contributed by atoms with E-state index >= 15 is 0 Å². The van der Waals surface area contributed by atoms with Crippen LogP contribution in [0.1, 0.15) is 31.2 Å². The molecule has 0 radical (unpaired) electrons. The fourth-order valence-electron chi connectivity index (χ4n) is 4.91. The van der Waals surface area contributed by atoms with Crippen LogP contribution in [0.15, 0.2) is 74.9 Å². The molecule has 2 aromatic heterocycles. The van der Waals surface area contributed by atoms with Crippen LogP contribution in [0.5, 0.6) is 5.75 Å². The molecule has 0 unspecified atom stereocenters. The molecule has 2 bridgehead atoms. The summed E-state index contributed by atoms with van der Waals surface area (Å²) in [5, 5.41) is 0.618. The average Bonchev–Trinajstić information content (AvgIpc) is 3.37. The molecule has 170 valence electrons. The van der Waals surface area contributed by atoms with Crippen LogP contribution >= 0.6 is 22.9 Å². The van der Waals surface area contributed by atoms with Gasteiger partial charge in [-0.2, -0.15) is 0 Å². The number of para-hydroxylation sites is 1. The summed E-state index contributed by atoms with van der Waals surface area (Å²) in [5.41, 5.74) is 0.372. The number of fused-ring (bicyclic) bond motifs is 6. The van der Waals surface area contributed by atoms with Gasteiger partial charge in [-0.25, -0.2) is 4.99 Å². The lowest BCUT2D eigenvalue weighted by Gasteiger charge is -2.45. The highest BCUT2D eigenvalue weighted by molar-refractivity contribution is 7.07. The van der Waals surface area contributed by atoms with E-state index in [1.165, 1.54) is 18.3 Å². The normalized spacial score (nSPS) is 23.0. The minimum atomic E-state index is -1.08. The van der Waals surface area contributed by atoms with Crippen molar-refractivity contribution in [1.29, 1.82) is 0 Å². The number of ether oxygens (including phenoxy) is 1. The van der Waals surface area contributed by atoms with E-state index in [0.717, 1.165) is 11.1 Å². The zero-order valence-electron chi connectivity index (χ0n) is 18.3. The maximum Gasteiger partial charge on any atom is 0.271 e. The van der Waals surface area contributed by atoms with Crippen molar-refractivity contribution >= 4 is 34.8 Å². The van der Waals surface area contributed by atoms with Gasteiger partial charge in [-0.15, -0.1) is 0 Å². The molecule has 0 aliphatic carbocycles. The van der Waals surface area contributed by atoms with Crippen LogP contribution in [-0.2, 0) is 4.79 Å². The van der Waals surface area contributed by atoms with Crippen molar-refractivity contribution < 1.29 is 13.9 Å². The summed E-state index contributed by atoms with van der Waals surface area (Å²) in [6, 6.07) is 18.1. The van der Waals surface area contributed by atoms with Crippen LogP contribution in [0.3, 0.4) is 0 Å². The van der Waals surface area contributed by atoms with Gasteiger partial charge in [0.1, 0.15) is 29.0 Å². The fourth-order valence-corrected chi connectivity index (χ4v) is 6.18. The number of carbonyl (C=O) groups is 1. The van der Waals surface area contributed by atoms with Crippen LogP contribution in [0.2, 0.25) is 5.02 Å². The lowest BCUT2D eigenvalue weighted by Crippen LogP contribution is -2.58. The van der Waals surface area contributed by atoms with Crippen molar-refractivity contribution in [2.75, 3.05) is 0 Å². The number of rotatable bonds is 3. The highest BCUT2D eigenvalue weighted by Gasteiger charge is 2.53. The zero-order chi connectivity index (χ0) is 23.6. The number of halogens is 1. The van der Waals surface area contributed by atoms with E-state index in [9.17, 15) is 9.59 Å². The minimum absolute atomic E-state index is 0.0720. The maximum atomic E-state index is 13.6. The Morgan fingerprint density at radius 3 is 2.79 bits per heavy atom. The Labute approximate surface area is 203 Å². The van der Waals surface area contributed by atoms with Crippen LogP contribution in [0, 0.1) is 5.92 Å². The second kappa shape index (κ2) is 7.55. The van der Waals surface area contributed by atoms with Gasteiger partial charge >= 0.3 is 0 Å². The van der Waals surface area contributed by atoms with E-state index in [-0.39, 0.29) is 11.3 Å². The number of ketones is 1. The molecule has 3 atom stereocenters. The van der Waals surface area contributed by atoms with E-state index in [2.05, 4.69) is 0 Å². The summed E-state index contributed by atoms with van der Waals surface area (Å²) in [7, 11) is 0. The third kappa shape index (κ3) is 3.19. The van der Waals surface area contributed by atoms with E-state index < -0.39 is 17.7 Å². The van der Waals surface area contributed by atoms with Crippen molar-refractivity contribution in [2.24, 2.45) is 10.9 Å². The molecule has 2 aliphatic heterocycles. The SMILES string of the molecule is CC(=O)[C@@H]1[C@H]2c3ccccc3O[C@]1(C)N=c1s/c(=C/c3ccc(-c4cccc(Cl)c4)o3)c(=O)n12. The molecule has 0 saturated carbocycles. The van der Waals surface area contributed by atoms with Gasteiger partial charge in [0.05, 0.1) is 10.6 Å². The Morgan fingerprint density at radius 2 is 2.00 bits per heavy atom. The first-order valence-corrected chi connectivity index (χ1v) is 12.0. The van der Waals surface area contributed by atoms with Gasteiger partial charge in [-0.05, 0) is 44.2 Å². The molecular weight excluding hydrogens is 472 g/mol. The zero-order valence-corrected chi connectivity index (χ0v) is 19.9. The molecule has 6 rings (SSSR count). The van der Waals surface area contributed by atoms with Crippen LogP contribution in [0.25, 0.3) is 17.4 Å². The molecule has 8 heteroatoms. The van der Waals surface area contributed by atoms with Gasteiger partial charge in [0.2, 0.25) is 5.72 Å². The van der Waals surface area contributed by atoms with Crippen molar-refractivity contribution in [2.45, 2.75) is 25.6 Å². The highest BCUT2D eigenvalue weighted by Crippen LogP contribution is 2.47. The molecule has 0 amide bonds. The first-order valence-electron chi connectivity index (χ1n) is 10.8. The lowest BCUT2D eigenvalue weighted by molar-refractivity contribution is -0.132. The number of carbonyl (C=O) groups excluding carboxylic acids is 1. The first kappa shape index (κ1) is 21.1. The molecule has 0 fully saturated rings. The third-order valence-electron chi connectivity index (χ3n) is 6.33. The van der Waals surface area contributed by atoms with Crippen molar-refractivity contribution in [1.82, 2.24) is 4.57 Å². The van der Waals surface area contributed by atoms with Gasteiger partial charge in [-0.1, -0.05) is 53.3 Å². The maximum absolute atomic E-state index is 13.6. The van der Waals surface area contributed by atoms with Gasteiger partial charge in [-0.3, -0.25) is 14.2 Å². The summed E-state index contributed by atoms with van der Waals surface area (Å²) < 4.78 is 14.3. The smallest absolute Gasteiger partial charge is 0.271 e. The Morgan fingerprint density at radius 1 is 1.18 bits per heavy atom. The topological polar surface area (TPSA) is 73.8 Å². The van der Waals surface area contributed by atoms with Gasteiger partial charge < -0.3 is 9.15 Å². The molecule has 2 aromatic carbocycles. The molecule has 6 nitrogen and oxygen atoms in total. The largest absolute Gasteiger partial charge is 0.465 e. The molecule has 4 aromatic rings. The number of aromatic nitrogens is 1. The van der Waals surface area contributed by atoms with E-state index in [4.69, 9.17) is 25.7 Å². The van der Waals surface area contributed by atoms with E-state index in [0.29, 0.717) is 31.6 Å². The molecular formula is C26H19ClN2O4S. The number of furan rings is 1. The number of Topliss-reactive ketones (excluding diaryl/α,β-unsaturated/α-hetero) is 1. The number of thiazole rings is 1. The summed E-state index contributed by atoms with van der Waals surface area (Å²) in [6.07, 6.45) is 1.71. The fraction of sp³-hybridized carbons (Fsp3) is 0.192. The van der Waals surface area contributed by atoms with Crippen LogP contribution in [0.4, 0.5) is 0 Å². The molecule has 0 N–H and O–H groups in total. The second-order valence-corrected chi connectivity index (χ2v) is 10.1. The van der Waals surface area contributed by atoms with Crippen molar-refractivity contribution in [3.8, 4) is 17.1 Å². The summed E-state index contributed by atoms with van der Waals surface area (Å²) >= 11 is 7.36. The first-order chi connectivity index (χ1) is 16.3. The van der Waals surface area contributed by atoms with Crippen molar-refractivity contribution in [3.05, 3.63) is 96.7 Å². The standard InChI is InChI=1S/C26H19ClN2O4S/c1-14(30)22-23-18-8-3-4-9-20(18)33-26(22,2)28-25-29(23)24(31)21(34-25)13-17-10-11-19(32-17)15-6-5-7-16(27)12-15/h3-13,22-23H,1-2H3/b21-13+/t22-,23-,26+/m1/s1. The molecule has 4 heterocycles. The van der Waals surface area contributed by atoms with Crippen LogP contribution in [-0.4, -0.2) is 16.1 Å². The number of hydrogen-bond acceptors (Lipinski definition) is 6. The lowest BCUT2D eigenvalue weighted by atomic mass is 9.79. The van der Waals surface area contributed by atoms with E-state index in [1.54, 1.807) is 16.7 Å². The summed E-state index contributed by atoms with van der Waals surface area (Å²) in [5.74, 6) is 1.16. The number of nitrogens with zero attached hydrogens (tertiary/aromatic N) is 2. The second-order valence-electron chi connectivity index (χ2n) is 8.62. The van der Waals surface area contributed by atoms with Gasteiger partial charge in [0.15, 0.2) is 4.80 Å². The third-order valence-corrected chi connectivity index (χ3v) is 7.55. The van der Waals surface area contributed by atoms with Crippen molar-refractivity contribution in [3.63, 3.8) is 0 Å². The van der Waals surface area contributed by atoms with Gasteiger partial charge in [0, 0.05) is 22.2 Å². The average molecular weight is 491 g/mol. The number of benzene rings is 2. The summed E-state index contributed by atoms with van der Waals surface area (Å²) in [4.78, 5) is 31.6. The molecule has 0 saturated heterocycles. The molecule has 34 heavy (non-hydrogen) atoms. The highest BCUT2D eigenvalue weighted by atomic mass is 35.5. The Bertz CT molecular complexity index is 1650. The molecule has 0 spiro atoms. The van der Waals surface area contributed by atoms with E-state index in [1.807, 2.05) is 61.5 Å². The summed E-state index contributed by atoms with van der Waals surface area (Å²) in [6.45, 7) is 3.33. The van der Waals surface area contributed by atoms with Gasteiger partial charge in [0.25, 0.3) is 5.56 Å². The minimum Gasteiger partial charge on any atom is -0.465 e. The Kier molecular flexibility index (Phi) is 4.69.